The molecule has 13 heavy (non-hydrogen) atoms. The SMILES string of the molecule is C=CCC[C@H](N)c1ccc(Cl)nc1. The largest absolute Gasteiger partial charge is 0.324 e. The van der Waals surface area contributed by atoms with Gasteiger partial charge in [0.2, 0.25) is 0 Å². The van der Waals surface area contributed by atoms with Gasteiger partial charge in [-0.3, -0.25) is 0 Å². The maximum Gasteiger partial charge on any atom is 0.129 e. The van der Waals surface area contributed by atoms with Crippen LogP contribution in [0.3, 0.4) is 0 Å². The number of allylic oxidation sites excluding steroid dienone is 1. The first kappa shape index (κ1) is 10.2. The fourth-order valence-electron chi connectivity index (χ4n) is 1.07. The molecule has 0 saturated carbocycles. The minimum Gasteiger partial charge on any atom is -0.324 e. The molecule has 0 aliphatic rings. The van der Waals surface area contributed by atoms with Crippen molar-refractivity contribution in [2.45, 2.75) is 18.9 Å². The van der Waals surface area contributed by atoms with E-state index in [1.54, 1.807) is 12.3 Å². The van der Waals surface area contributed by atoms with Crippen LogP contribution in [-0.2, 0) is 0 Å². The van der Waals surface area contributed by atoms with Crippen LogP contribution in [0, 0.1) is 0 Å². The summed E-state index contributed by atoms with van der Waals surface area (Å²) in [4.78, 5) is 3.97. The maximum atomic E-state index is 5.90. The van der Waals surface area contributed by atoms with Crippen LogP contribution in [0.5, 0.6) is 0 Å². The van der Waals surface area contributed by atoms with Gasteiger partial charge < -0.3 is 5.73 Å². The molecular formula is C10H13ClN2. The molecule has 0 radical (unpaired) electrons. The third-order valence-corrected chi connectivity index (χ3v) is 2.08. The zero-order valence-electron chi connectivity index (χ0n) is 7.41. The van der Waals surface area contributed by atoms with Gasteiger partial charge in [-0.1, -0.05) is 23.7 Å². The first-order valence-corrected chi connectivity index (χ1v) is 4.59. The predicted octanol–water partition coefficient (Wildman–Crippen LogP) is 2.70. The maximum absolute atomic E-state index is 5.90. The van der Waals surface area contributed by atoms with Gasteiger partial charge in [0.15, 0.2) is 0 Å². The van der Waals surface area contributed by atoms with Gasteiger partial charge in [0.05, 0.1) is 0 Å². The lowest BCUT2D eigenvalue weighted by Crippen LogP contribution is -2.09. The third-order valence-electron chi connectivity index (χ3n) is 1.86. The fourth-order valence-corrected chi connectivity index (χ4v) is 1.18. The molecule has 1 aromatic heterocycles. The van der Waals surface area contributed by atoms with Crippen molar-refractivity contribution in [3.63, 3.8) is 0 Å². The van der Waals surface area contributed by atoms with Crippen molar-refractivity contribution >= 4 is 11.6 Å². The van der Waals surface area contributed by atoms with E-state index in [4.69, 9.17) is 17.3 Å². The lowest BCUT2D eigenvalue weighted by Gasteiger charge is -2.09. The van der Waals surface area contributed by atoms with Gasteiger partial charge in [-0.15, -0.1) is 6.58 Å². The summed E-state index contributed by atoms with van der Waals surface area (Å²) in [6.45, 7) is 3.65. The van der Waals surface area contributed by atoms with E-state index in [0.717, 1.165) is 18.4 Å². The Morgan fingerprint density at radius 2 is 2.38 bits per heavy atom. The van der Waals surface area contributed by atoms with Crippen LogP contribution >= 0.6 is 11.6 Å². The molecule has 1 heterocycles. The van der Waals surface area contributed by atoms with Crippen LogP contribution in [0.25, 0.3) is 0 Å². The molecule has 2 N–H and O–H groups in total. The number of nitrogens with two attached hydrogens (primary N) is 1. The van der Waals surface area contributed by atoms with Crippen molar-refractivity contribution in [3.05, 3.63) is 41.7 Å². The first-order chi connectivity index (χ1) is 6.24. The van der Waals surface area contributed by atoms with Crippen molar-refractivity contribution in [1.82, 2.24) is 4.98 Å². The van der Waals surface area contributed by atoms with Crippen LogP contribution in [0.1, 0.15) is 24.4 Å². The second-order valence-electron chi connectivity index (χ2n) is 2.89. The Kier molecular flexibility index (Phi) is 3.93. The number of aromatic nitrogens is 1. The van der Waals surface area contributed by atoms with Crippen LogP contribution in [0.2, 0.25) is 5.15 Å². The number of pyridine rings is 1. The predicted molar refractivity (Wildman–Crippen MR) is 55.6 cm³/mol. The standard InChI is InChI=1S/C10H13ClN2/c1-2-3-4-9(12)8-5-6-10(11)13-7-8/h2,5-7,9H,1,3-4,12H2/t9-/m0/s1. The molecule has 0 unspecified atom stereocenters. The van der Waals surface area contributed by atoms with Crippen LogP contribution in [0.4, 0.5) is 0 Å². The van der Waals surface area contributed by atoms with E-state index < -0.39 is 0 Å². The lowest BCUT2D eigenvalue weighted by molar-refractivity contribution is 0.659. The van der Waals surface area contributed by atoms with E-state index in [9.17, 15) is 0 Å². The van der Waals surface area contributed by atoms with Gasteiger partial charge >= 0.3 is 0 Å². The Morgan fingerprint density at radius 1 is 1.62 bits per heavy atom. The minimum absolute atomic E-state index is 0.0303. The van der Waals surface area contributed by atoms with Gasteiger partial charge in [0.25, 0.3) is 0 Å². The summed E-state index contributed by atoms with van der Waals surface area (Å²) in [7, 11) is 0. The molecule has 2 nitrogen and oxygen atoms in total. The highest BCUT2D eigenvalue weighted by molar-refractivity contribution is 6.29. The molecular weight excluding hydrogens is 184 g/mol. The number of halogens is 1. The second kappa shape index (κ2) is 5.00. The summed E-state index contributed by atoms with van der Waals surface area (Å²) in [5, 5.41) is 0.500. The molecule has 0 saturated heterocycles. The molecule has 0 aliphatic carbocycles. The summed E-state index contributed by atoms with van der Waals surface area (Å²) in [6, 6.07) is 3.69. The summed E-state index contributed by atoms with van der Waals surface area (Å²) >= 11 is 5.65. The van der Waals surface area contributed by atoms with E-state index in [1.807, 2.05) is 12.1 Å². The van der Waals surface area contributed by atoms with Gasteiger partial charge in [-0.25, -0.2) is 4.98 Å². The molecule has 3 heteroatoms. The van der Waals surface area contributed by atoms with E-state index in [2.05, 4.69) is 11.6 Å². The van der Waals surface area contributed by atoms with Gasteiger partial charge in [-0.2, -0.15) is 0 Å². The number of hydrogen-bond donors (Lipinski definition) is 1. The van der Waals surface area contributed by atoms with E-state index in [1.165, 1.54) is 0 Å². The second-order valence-corrected chi connectivity index (χ2v) is 3.27. The van der Waals surface area contributed by atoms with Crippen molar-refractivity contribution in [2.24, 2.45) is 5.73 Å². The van der Waals surface area contributed by atoms with Crippen LogP contribution in [-0.4, -0.2) is 4.98 Å². The normalized spacial score (nSPS) is 12.5. The summed E-state index contributed by atoms with van der Waals surface area (Å²) in [5.74, 6) is 0. The molecule has 0 aromatic carbocycles. The molecule has 1 aromatic rings. The summed E-state index contributed by atoms with van der Waals surface area (Å²) < 4.78 is 0. The van der Waals surface area contributed by atoms with Gasteiger partial charge in [-0.05, 0) is 24.5 Å². The van der Waals surface area contributed by atoms with E-state index >= 15 is 0 Å². The Labute approximate surface area is 83.4 Å². The monoisotopic (exact) mass is 196 g/mol. The van der Waals surface area contributed by atoms with Crippen molar-refractivity contribution in [3.8, 4) is 0 Å². The fraction of sp³-hybridized carbons (Fsp3) is 0.300. The Hall–Kier alpha value is -0.860. The average molecular weight is 197 g/mol. The highest BCUT2D eigenvalue weighted by Crippen LogP contribution is 2.16. The summed E-state index contributed by atoms with van der Waals surface area (Å²) in [5.41, 5.74) is 6.92. The third kappa shape index (κ3) is 3.17. The van der Waals surface area contributed by atoms with Crippen LogP contribution < -0.4 is 5.73 Å². The number of hydrogen-bond acceptors (Lipinski definition) is 2. The van der Waals surface area contributed by atoms with E-state index in [-0.39, 0.29) is 6.04 Å². The molecule has 0 spiro atoms. The number of rotatable bonds is 4. The zero-order valence-corrected chi connectivity index (χ0v) is 8.17. The Bertz CT molecular complexity index is 269. The lowest BCUT2D eigenvalue weighted by atomic mass is 10.1. The van der Waals surface area contributed by atoms with Crippen molar-refractivity contribution in [1.29, 1.82) is 0 Å². The van der Waals surface area contributed by atoms with E-state index in [0.29, 0.717) is 5.15 Å². The zero-order chi connectivity index (χ0) is 9.68. The molecule has 1 rings (SSSR count). The highest BCUT2D eigenvalue weighted by Gasteiger charge is 2.04. The van der Waals surface area contributed by atoms with Crippen molar-refractivity contribution < 1.29 is 0 Å². The minimum atomic E-state index is 0.0303. The van der Waals surface area contributed by atoms with Gasteiger partial charge in [0.1, 0.15) is 5.15 Å². The van der Waals surface area contributed by atoms with Crippen molar-refractivity contribution in [2.75, 3.05) is 0 Å². The molecule has 1 atom stereocenters. The summed E-state index contributed by atoms with van der Waals surface area (Å²) in [6.07, 6.45) is 5.40. The number of nitrogens with zero attached hydrogens (tertiary/aromatic N) is 1. The molecule has 70 valence electrons. The molecule has 0 bridgehead atoms. The quantitative estimate of drug-likeness (QED) is 0.594. The first-order valence-electron chi connectivity index (χ1n) is 4.22. The Morgan fingerprint density at radius 3 is 2.92 bits per heavy atom. The molecule has 0 fully saturated rings. The topological polar surface area (TPSA) is 38.9 Å². The highest BCUT2D eigenvalue weighted by atomic mass is 35.5. The van der Waals surface area contributed by atoms with Crippen LogP contribution in [0.15, 0.2) is 31.0 Å². The molecule has 0 amide bonds. The molecule has 0 aliphatic heterocycles. The Balaban J connectivity index is 2.60. The average Bonchev–Trinajstić information content (AvgIpc) is 2.15. The van der Waals surface area contributed by atoms with Gasteiger partial charge in [0, 0.05) is 12.2 Å². The smallest absolute Gasteiger partial charge is 0.129 e.